The zero-order chi connectivity index (χ0) is 13.0. The van der Waals surface area contributed by atoms with Crippen molar-refractivity contribution in [3.8, 4) is 0 Å². The molecule has 1 aromatic rings. The molecule has 1 saturated carbocycles. The summed E-state index contributed by atoms with van der Waals surface area (Å²) in [5.41, 5.74) is 1.11. The Labute approximate surface area is 110 Å². The summed E-state index contributed by atoms with van der Waals surface area (Å²) in [5, 5.41) is 6.59. The number of rotatable bonds is 7. The molecule has 0 unspecified atom stereocenters. The van der Waals surface area contributed by atoms with Crippen LogP contribution < -0.4 is 10.6 Å². The summed E-state index contributed by atoms with van der Waals surface area (Å²) >= 11 is 0. The quantitative estimate of drug-likeness (QED) is 0.728. The van der Waals surface area contributed by atoms with Gasteiger partial charge in [0.25, 0.3) is 0 Å². The van der Waals surface area contributed by atoms with Crippen LogP contribution in [0.15, 0.2) is 0 Å². The average molecular weight is 248 g/mol. The Morgan fingerprint density at radius 3 is 2.56 bits per heavy atom. The first kappa shape index (κ1) is 13.1. The van der Waals surface area contributed by atoms with Gasteiger partial charge in [-0.3, -0.25) is 0 Å². The van der Waals surface area contributed by atoms with E-state index in [0.717, 1.165) is 41.9 Å². The third-order valence-electron chi connectivity index (χ3n) is 3.52. The van der Waals surface area contributed by atoms with E-state index < -0.39 is 0 Å². The van der Waals surface area contributed by atoms with E-state index in [2.05, 4.69) is 34.4 Å². The standard InChI is InChI=1S/C14H24N4/c1-4-12-17-13(15-3)10(2)14(18-12)16-9-5-6-11-7-8-11/h11H,4-9H2,1-3H3,(H2,15,16,17,18). The first-order valence-corrected chi connectivity index (χ1v) is 7.03. The molecule has 0 spiro atoms. The average Bonchev–Trinajstić information content (AvgIpc) is 3.20. The van der Waals surface area contributed by atoms with Crippen LogP contribution in [0.1, 0.15) is 44.0 Å². The van der Waals surface area contributed by atoms with Gasteiger partial charge in [-0.15, -0.1) is 0 Å². The molecule has 0 atom stereocenters. The molecule has 0 aromatic carbocycles. The zero-order valence-corrected chi connectivity index (χ0v) is 11.7. The van der Waals surface area contributed by atoms with E-state index in [9.17, 15) is 0 Å². The Morgan fingerprint density at radius 2 is 1.94 bits per heavy atom. The molecule has 0 bridgehead atoms. The Morgan fingerprint density at radius 1 is 1.22 bits per heavy atom. The lowest BCUT2D eigenvalue weighted by molar-refractivity contribution is 0.686. The van der Waals surface area contributed by atoms with Gasteiger partial charge in [0.15, 0.2) is 0 Å². The van der Waals surface area contributed by atoms with Crippen molar-refractivity contribution < 1.29 is 0 Å². The topological polar surface area (TPSA) is 49.8 Å². The summed E-state index contributed by atoms with van der Waals surface area (Å²) in [5.74, 6) is 3.83. The first-order chi connectivity index (χ1) is 8.74. The molecule has 1 heterocycles. The molecule has 0 amide bonds. The van der Waals surface area contributed by atoms with Gasteiger partial charge in [-0.1, -0.05) is 19.8 Å². The highest BCUT2D eigenvalue weighted by Crippen LogP contribution is 2.33. The maximum atomic E-state index is 4.57. The molecular formula is C14H24N4. The van der Waals surface area contributed by atoms with E-state index in [4.69, 9.17) is 0 Å². The van der Waals surface area contributed by atoms with E-state index >= 15 is 0 Å². The lowest BCUT2D eigenvalue weighted by atomic mass is 10.2. The van der Waals surface area contributed by atoms with Crippen molar-refractivity contribution in [1.29, 1.82) is 0 Å². The smallest absolute Gasteiger partial charge is 0.134 e. The minimum Gasteiger partial charge on any atom is -0.373 e. The lowest BCUT2D eigenvalue weighted by Crippen LogP contribution is -2.10. The molecule has 0 radical (unpaired) electrons. The van der Waals surface area contributed by atoms with Crippen LogP contribution in [0.2, 0.25) is 0 Å². The third-order valence-corrected chi connectivity index (χ3v) is 3.52. The number of aryl methyl sites for hydroxylation is 1. The molecule has 4 heteroatoms. The van der Waals surface area contributed by atoms with Crippen molar-refractivity contribution in [2.45, 2.75) is 46.0 Å². The molecule has 0 saturated heterocycles. The van der Waals surface area contributed by atoms with Gasteiger partial charge < -0.3 is 10.6 Å². The van der Waals surface area contributed by atoms with Crippen molar-refractivity contribution in [3.63, 3.8) is 0 Å². The zero-order valence-electron chi connectivity index (χ0n) is 11.7. The summed E-state index contributed by atoms with van der Waals surface area (Å²) in [6, 6.07) is 0. The van der Waals surface area contributed by atoms with Crippen LogP contribution in [0, 0.1) is 12.8 Å². The summed E-state index contributed by atoms with van der Waals surface area (Å²) in [6.07, 6.45) is 6.35. The van der Waals surface area contributed by atoms with Crippen molar-refractivity contribution >= 4 is 11.6 Å². The van der Waals surface area contributed by atoms with Gasteiger partial charge in [-0.05, 0) is 25.7 Å². The molecule has 18 heavy (non-hydrogen) atoms. The number of hydrogen-bond donors (Lipinski definition) is 2. The van der Waals surface area contributed by atoms with Crippen LogP contribution in [0.25, 0.3) is 0 Å². The van der Waals surface area contributed by atoms with E-state index in [-0.39, 0.29) is 0 Å². The molecule has 2 rings (SSSR count). The molecule has 0 aliphatic heterocycles. The van der Waals surface area contributed by atoms with Gasteiger partial charge in [-0.25, -0.2) is 9.97 Å². The third kappa shape index (κ3) is 3.34. The molecule has 1 aliphatic carbocycles. The number of hydrogen-bond acceptors (Lipinski definition) is 4. The monoisotopic (exact) mass is 248 g/mol. The Balaban J connectivity index is 1.95. The van der Waals surface area contributed by atoms with Gasteiger partial charge in [0.1, 0.15) is 17.5 Å². The lowest BCUT2D eigenvalue weighted by Gasteiger charge is -2.13. The van der Waals surface area contributed by atoms with Gasteiger partial charge >= 0.3 is 0 Å². The fourth-order valence-corrected chi connectivity index (χ4v) is 2.14. The second kappa shape index (κ2) is 6.03. The van der Waals surface area contributed by atoms with E-state index in [1.807, 2.05) is 7.05 Å². The summed E-state index contributed by atoms with van der Waals surface area (Å²) < 4.78 is 0. The van der Waals surface area contributed by atoms with Crippen LogP contribution >= 0.6 is 0 Å². The molecule has 1 aliphatic rings. The maximum absolute atomic E-state index is 4.57. The first-order valence-electron chi connectivity index (χ1n) is 7.03. The van der Waals surface area contributed by atoms with Crippen molar-refractivity contribution in [3.05, 3.63) is 11.4 Å². The van der Waals surface area contributed by atoms with Gasteiger partial charge in [0, 0.05) is 25.6 Å². The highest BCUT2D eigenvalue weighted by atomic mass is 15.1. The number of anilines is 2. The number of aromatic nitrogens is 2. The highest BCUT2D eigenvalue weighted by molar-refractivity contribution is 5.56. The summed E-state index contributed by atoms with van der Waals surface area (Å²) in [6.45, 7) is 5.16. The van der Waals surface area contributed by atoms with E-state index in [1.165, 1.54) is 25.7 Å². The highest BCUT2D eigenvalue weighted by Gasteiger charge is 2.20. The van der Waals surface area contributed by atoms with Crippen molar-refractivity contribution in [2.24, 2.45) is 5.92 Å². The van der Waals surface area contributed by atoms with E-state index in [0.29, 0.717) is 0 Å². The van der Waals surface area contributed by atoms with Crippen LogP contribution in [0.5, 0.6) is 0 Å². The molecule has 1 aromatic heterocycles. The van der Waals surface area contributed by atoms with Gasteiger partial charge in [-0.2, -0.15) is 0 Å². The largest absolute Gasteiger partial charge is 0.373 e. The van der Waals surface area contributed by atoms with Crippen LogP contribution in [-0.4, -0.2) is 23.6 Å². The second-order valence-corrected chi connectivity index (χ2v) is 5.08. The van der Waals surface area contributed by atoms with Crippen LogP contribution in [-0.2, 0) is 6.42 Å². The minimum absolute atomic E-state index is 0.867. The fraction of sp³-hybridized carbons (Fsp3) is 0.714. The molecule has 100 valence electrons. The number of nitrogens with zero attached hydrogens (tertiary/aromatic N) is 2. The predicted octanol–water partition coefficient (Wildman–Crippen LogP) is 2.99. The SMILES string of the molecule is CCc1nc(NC)c(C)c(NCCCC2CC2)n1. The van der Waals surface area contributed by atoms with Crippen molar-refractivity contribution in [2.75, 3.05) is 24.2 Å². The summed E-state index contributed by atoms with van der Waals surface area (Å²) in [7, 11) is 1.91. The molecule has 1 fully saturated rings. The van der Waals surface area contributed by atoms with Crippen molar-refractivity contribution in [1.82, 2.24) is 9.97 Å². The summed E-state index contributed by atoms with van der Waals surface area (Å²) in [4.78, 5) is 9.04. The number of nitrogens with one attached hydrogen (secondary N) is 2. The minimum atomic E-state index is 0.867. The molecular weight excluding hydrogens is 224 g/mol. The molecule has 2 N–H and O–H groups in total. The second-order valence-electron chi connectivity index (χ2n) is 5.08. The Hall–Kier alpha value is -1.32. The van der Waals surface area contributed by atoms with E-state index in [1.54, 1.807) is 0 Å². The molecule has 4 nitrogen and oxygen atoms in total. The fourth-order valence-electron chi connectivity index (χ4n) is 2.14. The van der Waals surface area contributed by atoms with Gasteiger partial charge in [0.05, 0.1) is 0 Å². The Bertz CT molecular complexity index is 399. The normalized spacial score (nSPS) is 14.6. The van der Waals surface area contributed by atoms with Gasteiger partial charge in [0.2, 0.25) is 0 Å². The Kier molecular flexibility index (Phi) is 4.39. The van der Waals surface area contributed by atoms with Crippen LogP contribution in [0.4, 0.5) is 11.6 Å². The van der Waals surface area contributed by atoms with Crippen LogP contribution in [0.3, 0.4) is 0 Å². The predicted molar refractivity (Wildman–Crippen MR) is 76.1 cm³/mol. The maximum Gasteiger partial charge on any atom is 0.134 e.